The molecule has 0 spiro atoms. The zero-order valence-corrected chi connectivity index (χ0v) is 12.4. The molecule has 0 aliphatic rings. The fourth-order valence-corrected chi connectivity index (χ4v) is 3.11. The molecule has 0 saturated carbocycles. The van der Waals surface area contributed by atoms with E-state index in [9.17, 15) is 9.00 Å². The van der Waals surface area contributed by atoms with Crippen LogP contribution in [0.1, 0.15) is 10.4 Å². The highest BCUT2D eigenvalue weighted by molar-refractivity contribution is 7.86. The predicted octanol–water partition coefficient (Wildman–Crippen LogP) is 3.34. The molecule has 0 aromatic heterocycles. The standard InChI is InChI=1S/C15H13ClO3S/c1-19-14-7-2-3-8-15(14)20(18)10-13(17)11-5-4-6-12(16)9-11/h2-9H,10H2,1H3. The monoisotopic (exact) mass is 308 g/mol. The summed E-state index contributed by atoms with van der Waals surface area (Å²) < 4.78 is 17.4. The molecule has 1 atom stereocenters. The zero-order valence-electron chi connectivity index (χ0n) is 10.8. The number of Topliss-reactive ketones (excluding diaryl/α,β-unsaturated/α-hetero) is 1. The third-order valence-corrected chi connectivity index (χ3v) is 4.31. The molecule has 0 amide bonds. The number of carbonyl (C=O) groups is 1. The van der Waals surface area contributed by atoms with Crippen molar-refractivity contribution in [2.75, 3.05) is 12.9 Å². The first-order chi connectivity index (χ1) is 9.61. The van der Waals surface area contributed by atoms with Crippen LogP contribution in [0, 0.1) is 0 Å². The summed E-state index contributed by atoms with van der Waals surface area (Å²) in [4.78, 5) is 12.6. The molecule has 0 heterocycles. The van der Waals surface area contributed by atoms with E-state index in [0.717, 1.165) is 0 Å². The summed E-state index contributed by atoms with van der Waals surface area (Å²) in [6.07, 6.45) is 0. The van der Waals surface area contributed by atoms with Gasteiger partial charge in [-0.2, -0.15) is 0 Å². The lowest BCUT2D eigenvalue weighted by Gasteiger charge is -2.07. The number of para-hydroxylation sites is 1. The number of benzene rings is 2. The van der Waals surface area contributed by atoms with Gasteiger partial charge in [0.15, 0.2) is 5.78 Å². The quantitative estimate of drug-likeness (QED) is 0.796. The minimum atomic E-state index is -1.45. The Morgan fingerprint density at radius 2 is 1.95 bits per heavy atom. The third kappa shape index (κ3) is 3.46. The van der Waals surface area contributed by atoms with E-state index in [1.807, 2.05) is 0 Å². The maximum absolute atomic E-state index is 12.3. The molecule has 3 nitrogen and oxygen atoms in total. The highest BCUT2D eigenvalue weighted by Gasteiger charge is 2.15. The van der Waals surface area contributed by atoms with E-state index >= 15 is 0 Å². The Hall–Kier alpha value is -1.65. The van der Waals surface area contributed by atoms with Crippen molar-refractivity contribution in [1.29, 1.82) is 0 Å². The van der Waals surface area contributed by atoms with Gasteiger partial charge in [0.1, 0.15) is 5.75 Å². The van der Waals surface area contributed by atoms with Crippen LogP contribution in [0.4, 0.5) is 0 Å². The smallest absolute Gasteiger partial charge is 0.175 e. The first-order valence-electron chi connectivity index (χ1n) is 5.92. The van der Waals surface area contributed by atoms with Gasteiger partial charge in [0, 0.05) is 10.6 Å². The summed E-state index contributed by atoms with van der Waals surface area (Å²) in [5.41, 5.74) is 0.459. The molecule has 0 radical (unpaired) electrons. The van der Waals surface area contributed by atoms with Crippen LogP contribution >= 0.6 is 11.6 Å². The van der Waals surface area contributed by atoms with Gasteiger partial charge in [-0.25, -0.2) is 0 Å². The van der Waals surface area contributed by atoms with Crippen molar-refractivity contribution in [3.8, 4) is 5.75 Å². The van der Waals surface area contributed by atoms with E-state index in [2.05, 4.69) is 0 Å². The highest BCUT2D eigenvalue weighted by atomic mass is 35.5. The number of rotatable bonds is 5. The van der Waals surface area contributed by atoms with Crippen molar-refractivity contribution in [3.05, 3.63) is 59.1 Å². The van der Waals surface area contributed by atoms with Gasteiger partial charge in [-0.1, -0.05) is 35.9 Å². The molecule has 0 bridgehead atoms. The van der Waals surface area contributed by atoms with Gasteiger partial charge in [0.25, 0.3) is 0 Å². The second kappa shape index (κ2) is 6.68. The second-order valence-corrected chi connectivity index (χ2v) is 5.93. The molecule has 0 saturated heterocycles. The Balaban J connectivity index is 2.17. The van der Waals surface area contributed by atoms with Crippen molar-refractivity contribution < 1.29 is 13.7 Å². The molecule has 5 heteroatoms. The van der Waals surface area contributed by atoms with Crippen molar-refractivity contribution in [3.63, 3.8) is 0 Å². The molecule has 0 aliphatic heterocycles. The number of carbonyl (C=O) groups excluding carboxylic acids is 1. The van der Waals surface area contributed by atoms with Gasteiger partial charge >= 0.3 is 0 Å². The fourth-order valence-electron chi connectivity index (χ4n) is 1.75. The summed E-state index contributed by atoms with van der Waals surface area (Å²) in [5.74, 6) is 0.210. The number of hydrogen-bond acceptors (Lipinski definition) is 3. The number of ketones is 1. The Labute approximate surface area is 125 Å². The lowest BCUT2D eigenvalue weighted by atomic mass is 10.1. The summed E-state index contributed by atoms with van der Waals surface area (Å²) in [7, 11) is 0.0591. The van der Waals surface area contributed by atoms with Crippen molar-refractivity contribution in [2.45, 2.75) is 4.90 Å². The molecule has 2 aromatic rings. The Kier molecular flexibility index (Phi) is 4.93. The average molecular weight is 309 g/mol. The van der Waals surface area contributed by atoms with Crippen molar-refractivity contribution in [2.24, 2.45) is 0 Å². The lowest BCUT2D eigenvalue weighted by Crippen LogP contribution is -2.11. The van der Waals surface area contributed by atoms with E-state index in [1.54, 1.807) is 48.5 Å². The number of halogens is 1. The van der Waals surface area contributed by atoms with E-state index in [4.69, 9.17) is 16.3 Å². The Morgan fingerprint density at radius 1 is 1.20 bits per heavy atom. The number of ether oxygens (including phenoxy) is 1. The Morgan fingerprint density at radius 3 is 2.65 bits per heavy atom. The van der Waals surface area contributed by atoms with Crippen LogP contribution in [0.5, 0.6) is 5.75 Å². The minimum absolute atomic E-state index is 0.0965. The van der Waals surface area contributed by atoms with Gasteiger partial charge in [-0.3, -0.25) is 9.00 Å². The maximum atomic E-state index is 12.3. The molecule has 0 fully saturated rings. The van der Waals surface area contributed by atoms with Crippen LogP contribution in [0.3, 0.4) is 0 Å². The second-order valence-electron chi connectivity index (χ2n) is 4.07. The van der Waals surface area contributed by atoms with Gasteiger partial charge < -0.3 is 4.74 Å². The maximum Gasteiger partial charge on any atom is 0.175 e. The van der Waals surface area contributed by atoms with Crippen LogP contribution in [0.15, 0.2) is 53.4 Å². The van der Waals surface area contributed by atoms with Crippen LogP contribution in [-0.2, 0) is 10.8 Å². The SMILES string of the molecule is COc1ccccc1S(=O)CC(=O)c1cccc(Cl)c1. The van der Waals surface area contributed by atoms with Crippen LogP contribution in [0.25, 0.3) is 0 Å². The minimum Gasteiger partial charge on any atom is -0.495 e. The highest BCUT2D eigenvalue weighted by Crippen LogP contribution is 2.22. The topological polar surface area (TPSA) is 43.4 Å². The van der Waals surface area contributed by atoms with E-state index in [1.165, 1.54) is 7.11 Å². The van der Waals surface area contributed by atoms with Gasteiger partial charge in [0.05, 0.1) is 28.6 Å². The average Bonchev–Trinajstić information content (AvgIpc) is 2.47. The van der Waals surface area contributed by atoms with Gasteiger partial charge in [0.2, 0.25) is 0 Å². The number of methoxy groups -OCH3 is 1. The molecular weight excluding hydrogens is 296 g/mol. The zero-order chi connectivity index (χ0) is 14.5. The first-order valence-corrected chi connectivity index (χ1v) is 7.61. The van der Waals surface area contributed by atoms with Crippen LogP contribution in [-0.4, -0.2) is 22.9 Å². The molecule has 1 unspecified atom stereocenters. The molecular formula is C15H13ClO3S. The van der Waals surface area contributed by atoms with E-state index in [0.29, 0.717) is 21.2 Å². The van der Waals surface area contributed by atoms with Crippen molar-refractivity contribution in [1.82, 2.24) is 0 Å². The molecule has 104 valence electrons. The lowest BCUT2D eigenvalue weighted by molar-refractivity contribution is 0.102. The Bertz CT molecular complexity index is 655. The summed E-state index contributed by atoms with van der Waals surface area (Å²) in [6, 6.07) is 13.6. The van der Waals surface area contributed by atoms with Gasteiger partial charge in [-0.05, 0) is 24.3 Å². The summed E-state index contributed by atoms with van der Waals surface area (Å²) in [5, 5.41) is 0.485. The van der Waals surface area contributed by atoms with E-state index in [-0.39, 0.29) is 11.5 Å². The first kappa shape index (κ1) is 14.8. The molecule has 0 N–H and O–H groups in total. The molecule has 2 aromatic carbocycles. The van der Waals surface area contributed by atoms with Gasteiger partial charge in [-0.15, -0.1) is 0 Å². The summed E-state index contributed by atoms with van der Waals surface area (Å²) in [6.45, 7) is 0. The fraction of sp³-hybridized carbons (Fsp3) is 0.133. The third-order valence-electron chi connectivity index (χ3n) is 2.72. The summed E-state index contributed by atoms with van der Waals surface area (Å²) >= 11 is 5.84. The molecule has 0 aliphatic carbocycles. The van der Waals surface area contributed by atoms with E-state index < -0.39 is 10.8 Å². The van der Waals surface area contributed by atoms with Crippen LogP contribution < -0.4 is 4.74 Å². The normalized spacial score (nSPS) is 11.9. The molecule has 20 heavy (non-hydrogen) atoms. The van der Waals surface area contributed by atoms with Crippen LogP contribution in [0.2, 0.25) is 5.02 Å². The van der Waals surface area contributed by atoms with Crippen molar-refractivity contribution >= 4 is 28.2 Å². The number of hydrogen-bond donors (Lipinski definition) is 0. The largest absolute Gasteiger partial charge is 0.495 e. The predicted molar refractivity (Wildman–Crippen MR) is 80.1 cm³/mol. The molecule has 2 rings (SSSR count).